The van der Waals surface area contributed by atoms with Gasteiger partial charge >= 0.3 is 0 Å². The van der Waals surface area contributed by atoms with Crippen LogP contribution in [0.4, 0.5) is 5.69 Å². The topological polar surface area (TPSA) is 34.2 Å². The Balaban J connectivity index is 1.36. The largest absolute Gasteiger partial charge is 0.382 e. The number of anilines is 1. The summed E-state index contributed by atoms with van der Waals surface area (Å²) in [6.45, 7) is 0.923. The van der Waals surface area contributed by atoms with Gasteiger partial charge in [-0.25, -0.2) is 4.98 Å². The van der Waals surface area contributed by atoms with Gasteiger partial charge in [-0.3, -0.25) is 0 Å². The predicted octanol–water partition coefficient (Wildman–Crippen LogP) is 4.59. The smallest absolute Gasteiger partial charge is 0.0813 e. The van der Waals surface area contributed by atoms with Gasteiger partial charge in [0.05, 0.1) is 27.4 Å². The van der Waals surface area contributed by atoms with E-state index >= 15 is 0 Å². The Labute approximate surface area is 129 Å². The van der Waals surface area contributed by atoms with Crippen molar-refractivity contribution in [3.8, 4) is 0 Å². The summed E-state index contributed by atoms with van der Waals surface area (Å²) >= 11 is 1.69. The molecule has 2 aromatic rings. The van der Waals surface area contributed by atoms with Crippen molar-refractivity contribution < 1.29 is 4.74 Å². The Morgan fingerprint density at radius 1 is 1.24 bits per heavy atom. The molecule has 2 heterocycles. The van der Waals surface area contributed by atoms with E-state index in [0.29, 0.717) is 6.10 Å². The van der Waals surface area contributed by atoms with Crippen molar-refractivity contribution in [1.29, 1.82) is 0 Å². The minimum Gasteiger partial charge on any atom is -0.382 e. The first kappa shape index (κ1) is 13.5. The first-order valence-electron chi connectivity index (χ1n) is 8.08. The second-order valence-corrected chi connectivity index (χ2v) is 7.32. The SMILES string of the molecule is c1nc2ccc(NCC3CCC4(CCCCC4)O3)cc2s1. The Morgan fingerprint density at radius 3 is 3.05 bits per heavy atom. The maximum Gasteiger partial charge on any atom is 0.0813 e. The zero-order chi connectivity index (χ0) is 14.1. The van der Waals surface area contributed by atoms with Crippen LogP contribution in [0.2, 0.25) is 0 Å². The summed E-state index contributed by atoms with van der Waals surface area (Å²) in [5.74, 6) is 0. The summed E-state index contributed by atoms with van der Waals surface area (Å²) in [4.78, 5) is 4.32. The second-order valence-electron chi connectivity index (χ2n) is 6.44. The van der Waals surface area contributed by atoms with Gasteiger partial charge in [-0.2, -0.15) is 0 Å². The van der Waals surface area contributed by atoms with Gasteiger partial charge in [-0.1, -0.05) is 19.3 Å². The molecular weight excluding hydrogens is 280 g/mol. The van der Waals surface area contributed by atoms with E-state index in [9.17, 15) is 0 Å². The summed E-state index contributed by atoms with van der Waals surface area (Å²) in [6.07, 6.45) is 9.48. The van der Waals surface area contributed by atoms with Crippen LogP contribution in [-0.4, -0.2) is 23.2 Å². The second kappa shape index (κ2) is 5.58. The molecule has 4 rings (SSSR count). The molecule has 1 aliphatic heterocycles. The molecule has 1 aromatic carbocycles. The fraction of sp³-hybridized carbons (Fsp3) is 0.588. The van der Waals surface area contributed by atoms with Crippen LogP contribution in [0.1, 0.15) is 44.9 Å². The van der Waals surface area contributed by atoms with Crippen LogP contribution in [0.3, 0.4) is 0 Å². The van der Waals surface area contributed by atoms with Crippen molar-refractivity contribution in [2.45, 2.75) is 56.7 Å². The third-order valence-corrected chi connectivity index (χ3v) is 5.76. The fourth-order valence-corrected chi connectivity index (χ4v) is 4.52. The molecular formula is C17H22N2OS. The number of thiazole rings is 1. The fourth-order valence-electron chi connectivity index (χ4n) is 3.80. The minimum atomic E-state index is 0.228. The van der Waals surface area contributed by atoms with Crippen LogP contribution >= 0.6 is 11.3 Å². The van der Waals surface area contributed by atoms with Gasteiger partial charge in [-0.05, 0) is 43.9 Å². The lowest BCUT2D eigenvalue weighted by Gasteiger charge is -2.33. The Bertz CT molecular complexity index is 618. The van der Waals surface area contributed by atoms with Gasteiger partial charge in [0.1, 0.15) is 0 Å². The van der Waals surface area contributed by atoms with E-state index in [4.69, 9.17) is 4.74 Å². The van der Waals surface area contributed by atoms with Gasteiger partial charge in [0.15, 0.2) is 0 Å². The molecule has 21 heavy (non-hydrogen) atoms. The van der Waals surface area contributed by atoms with E-state index in [1.807, 2.05) is 5.51 Å². The van der Waals surface area contributed by atoms with Crippen LogP contribution < -0.4 is 5.32 Å². The monoisotopic (exact) mass is 302 g/mol. The Kier molecular flexibility index (Phi) is 3.59. The van der Waals surface area contributed by atoms with E-state index in [2.05, 4.69) is 28.5 Å². The molecule has 1 aliphatic carbocycles. The highest BCUT2D eigenvalue weighted by Gasteiger charge is 2.40. The standard InChI is InChI=1S/C17H22N2OS/c1-2-7-17(8-3-1)9-6-14(20-17)11-18-13-4-5-15-16(10-13)21-12-19-15/h4-5,10,12,14,18H,1-3,6-9,11H2. The van der Waals surface area contributed by atoms with Crippen LogP contribution in [0.5, 0.6) is 0 Å². The summed E-state index contributed by atoms with van der Waals surface area (Å²) in [6, 6.07) is 6.40. The number of benzene rings is 1. The number of nitrogens with zero attached hydrogens (tertiary/aromatic N) is 1. The van der Waals surface area contributed by atoms with E-state index in [1.54, 1.807) is 11.3 Å². The van der Waals surface area contributed by atoms with Gasteiger partial charge in [0.2, 0.25) is 0 Å². The molecule has 112 valence electrons. The highest BCUT2D eigenvalue weighted by atomic mass is 32.1. The van der Waals surface area contributed by atoms with Gasteiger partial charge in [0.25, 0.3) is 0 Å². The van der Waals surface area contributed by atoms with Gasteiger partial charge < -0.3 is 10.1 Å². The quantitative estimate of drug-likeness (QED) is 0.900. The number of hydrogen-bond donors (Lipinski definition) is 1. The van der Waals surface area contributed by atoms with E-state index < -0.39 is 0 Å². The summed E-state index contributed by atoms with van der Waals surface area (Å²) < 4.78 is 7.66. The molecule has 1 spiro atoms. The van der Waals surface area contributed by atoms with Crippen LogP contribution in [-0.2, 0) is 4.74 Å². The number of rotatable bonds is 3. The molecule has 0 bridgehead atoms. The van der Waals surface area contributed by atoms with E-state index in [1.165, 1.54) is 55.3 Å². The Hall–Kier alpha value is -1.13. The zero-order valence-corrected chi connectivity index (χ0v) is 13.1. The number of aromatic nitrogens is 1. The lowest BCUT2D eigenvalue weighted by molar-refractivity contribution is -0.0588. The molecule has 1 unspecified atom stereocenters. The summed E-state index contributed by atoms with van der Waals surface area (Å²) in [7, 11) is 0. The van der Waals surface area contributed by atoms with Crippen LogP contribution in [0.25, 0.3) is 10.2 Å². The molecule has 4 heteroatoms. The van der Waals surface area contributed by atoms with Crippen molar-refractivity contribution in [3.05, 3.63) is 23.7 Å². The normalized spacial score (nSPS) is 24.7. The molecule has 3 nitrogen and oxygen atoms in total. The highest BCUT2D eigenvalue weighted by molar-refractivity contribution is 7.16. The van der Waals surface area contributed by atoms with E-state index in [-0.39, 0.29) is 5.60 Å². The number of fused-ring (bicyclic) bond motifs is 1. The minimum absolute atomic E-state index is 0.228. The summed E-state index contributed by atoms with van der Waals surface area (Å²) in [5, 5.41) is 3.54. The van der Waals surface area contributed by atoms with Crippen molar-refractivity contribution >= 4 is 27.2 Å². The van der Waals surface area contributed by atoms with Gasteiger partial charge in [-0.15, -0.1) is 11.3 Å². The molecule has 1 saturated carbocycles. The molecule has 0 amide bonds. The van der Waals surface area contributed by atoms with Crippen LogP contribution in [0, 0.1) is 0 Å². The maximum atomic E-state index is 6.41. The third kappa shape index (κ3) is 2.79. The lowest BCUT2D eigenvalue weighted by Crippen LogP contribution is -2.33. The predicted molar refractivity (Wildman–Crippen MR) is 88.0 cm³/mol. The first-order chi connectivity index (χ1) is 10.3. The maximum absolute atomic E-state index is 6.41. The lowest BCUT2D eigenvalue weighted by atomic mass is 9.83. The average Bonchev–Trinajstić information content (AvgIpc) is 3.13. The van der Waals surface area contributed by atoms with Crippen molar-refractivity contribution in [3.63, 3.8) is 0 Å². The number of hydrogen-bond acceptors (Lipinski definition) is 4. The molecule has 0 radical (unpaired) electrons. The molecule has 2 aliphatic rings. The number of ether oxygens (including phenoxy) is 1. The highest BCUT2D eigenvalue weighted by Crippen LogP contribution is 2.41. The number of nitrogens with one attached hydrogen (secondary N) is 1. The molecule has 1 atom stereocenters. The first-order valence-corrected chi connectivity index (χ1v) is 8.96. The Morgan fingerprint density at radius 2 is 2.14 bits per heavy atom. The zero-order valence-electron chi connectivity index (χ0n) is 12.3. The molecule has 2 fully saturated rings. The van der Waals surface area contributed by atoms with Crippen molar-refractivity contribution in [2.24, 2.45) is 0 Å². The van der Waals surface area contributed by atoms with E-state index in [0.717, 1.165) is 12.1 Å². The summed E-state index contributed by atoms with van der Waals surface area (Å²) in [5.41, 5.74) is 4.40. The van der Waals surface area contributed by atoms with Gasteiger partial charge in [0, 0.05) is 12.2 Å². The van der Waals surface area contributed by atoms with Crippen molar-refractivity contribution in [2.75, 3.05) is 11.9 Å². The van der Waals surface area contributed by atoms with Crippen molar-refractivity contribution in [1.82, 2.24) is 4.98 Å². The average molecular weight is 302 g/mol. The molecule has 1 N–H and O–H groups in total. The molecule has 1 aromatic heterocycles. The van der Waals surface area contributed by atoms with Crippen LogP contribution in [0.15, 0.2) is 23.7 Å². The third-order valence-electron chi connectivity index (χ3n) is 4.97. The molecule has 1 saturated heterocycles.